The molecule has 1 amide bonds. The van der Waals surface area contributed by atoms with Gasteiger partial charge in [-0.3, -0.25) is 19.3 Å². The van der Waals surface area contributed by atoms with Crippen molar-refractivity contribution in [1.29, 1.82) is 0 Å². The fraction of sp³-hybridized carbons (Fsp3) is 0.667. The molecular formula is C33H50N2O5. The molecule has 2 aliphatic heterocycles. The summed E-state index contributed by atoms with van der Waals surface area (Å²) in [5.41, 5.74) is -0.350. The lowest BCUT2D eigenvalue weighted by Gasteiger charge is -2.35. The van der Waals surface area contributed by atoms with Gasteiger partial charge in [0.05, 0.1) is 25.1 Å². The zero-order chi connectivity index (χ0) is 29.3. The van der Waals surface area contributed by atoms with Crippen LogP contribution in [0.4, 0.5) is 0 Å². The van der Waals surface area contributed by atoms with E-state index in [-0.39, 0.29) is 59.6 Å². The highest BCUT2D eigenvalue weighted by atomic mass is 16.6. The molecule has 0 saturated carbocycles. The average molecular weight is 555 g/mol. The summed E-state index contributed by atoms with van der Waals surface area (Å²) in [5, 5.41) is 0. The predicted octanol–water partition coefficient (Wildman–Crippen LogP) is 5.27. The lowest BCUT2D eigenvalue weighted by atomic mass is 9.83. The maximum Gasteiger partial charge on any atom is 0.309 e. The molecule has 3 rings (SSSR count). The van der Waals surface area contributed by atoms with E-state index >= 15 is 0 Å². The van der Waals surface area contributed by atoms with E-state index in [0.29, 0.717) is 39.0 Å². The van der Waals surface area contributed by atoms with Crippen molar-refractivity contribution in [2.24, 2.45) is 17.3 Å². The Morgan fingerprint density at radius 3 is 2.50 bits per heavy atom. The molecule has 2 heterocycles. The Morgan fingerprint density at radius 1 is 1.18 bits per heavy atom. The van der Waals surface area contributed by atoms with Crippen molar-refractivity contribution >= 4 is 17.7 Å². The fourth-order valence-electron chi connectivity index (χ4n) is 5.70. The Kier molecular flexibility index (Phi) is 11.9. The SMILES string of the molecule is C=CCC(CC=C)C(=O)OC[C@H](CN1CC2C(CC(=O)C(C)(C)CC)N2C(CCC)C1=O)OCC1C=CC=CC1. The fourth-order valence-corrected chi connectivity index (χ4v) is 5.70. The molecule has 3 aliphatic rings. The van der Waals surface area contributed by atoms with Gasteiger partial charge in [-0.05, 0) is 32.1 Å². The summed E-state index contributed by atoms with van der Waals surface area (Å²) in [4.78, 5) is 43.7. The molecule has 2 fully saturated rings. The van der Waals surface area contributed by atoms with Crippen LogP contribution in [0.2, 0.25) is 0 Å². The summed E-state index contributed by atoms with van der Waals surface area (Å²) in [7, 11) is 0. The van der Waals surface area contributed by atoms with Crippen LogP contribution >= 0.6 is 0 Å². The Bertz CT molecular complexity index is 960. The summed E-state index contributed by atoms with van der Waals surface area (Å²) < 4.78 is 12.1. The predicted molar refractivity (Wildman–Crippen MR) is 159 cm³/mol. The molecule has 2 saturated heterocycles. The van der Waals surface area contributed by atoms with Crippen LogP contribution in [0.5, 0.6) is 0 Å². The third kappa shape index (κ3) is 8.26. The number of Topliss-reactive ketones (excluding diaryl/α,β-unsaturated/α-hetero) is 1. The van der Waals surface area contributed by atoms with E-state index in [2.05, 4.69) is 37.1 Å². The van der Waals surface area contributed by atoms with Gasteiger partial charge in [-0.25, -0.2) is 0 Å². The van der Waals surface area contributed by atoms with Gasteiger partial charge < -0.3 is 14.4 Å². The number of fused-ring (bicyclic) bond motifs is 1. The van der Waals surface area contributed by atoms with Gasteiger partial charge in [0.1, 0.15) is 18.5 Å². The summed E-state index contributed by atoms with van der Waals surface area (Å²) >= 11 is 0. The Labute approximate surface area is 241 Å². The normalized spacial score (nSPS) is 26.4. The van der Waals surface area contributed by atoms with E-state index < -0.39 is 6.10 Å². The minimum Gasteiger partial charge on any atom is -0.463 e. The second-order valence-corrected chi connectivity index (χ2v) is 12.1. The lowest BCUT2D eigenvalue weighted by Crippen LogP contribution is -2.53. The summed E-state index contributed by atoms with van der Waals surface area (Å²) in [6.07, 6.45) is 16.2. The monoisotopic (exact) mass is 554 g/mol. The zero-order valence-corrected chi connectivity index (χ0v) is 25.1. The molecule has 5 unspecified atom stereocenters. The van der Waals surface area contributed by atoms with Crippen LogP contribution in [-0.4, -0.2) is 78.0 Å². The first kappa shape index (κ1) is 32.0. The molecule has 0 N–H and O–H groups in total. The topological polar surface area (TPSA) is 75.9 Å². The molecule has 6 atom stereocenters. The van der Waals surface area contributed by atoms with Crippen LogP contribution < -0.4 is 0 Å². The number of ether oxygens (including phenoxy) is 2. The van der Waals surface area contributed by atoms with Gasteiger partial charge in [0.25, 0.3) is 0 Å². The molecule has 1 aliphatic carbocycles. The Balaban J connectivity index is 1.69. The van der Waals surface area contributed by atoms with E-state index in [1.165, 1.54) is 0 Å². The number of carbonyl (C=O) groups is 3. The van der Waals surface area contributed by atoms with Crippen molar-refractivity contribution in [1.82, 2.24) is 9.80 Å². The number of allylic oxidation sites excluding steroid dienone is 5. The molecule has 0 aromatic carbocycles. The van der Waals surface area contributed by atoms with Crippen LogP contribution in [0.25, 0.3) is 0 Å². The molecule has 0 spiro atoms. The van der Waals surface area contributed by atoms with Crippen LogP contribution in [0.15, 0.2) is 49.6 Å². The maximum atomic E-state index is 13.7. The summed E-state index contributed by atoms with van der Waals surface area (Å²) in [5.74, 6) is -0.0236. The van der Waals surface area contributed by atoms with Gasteiger partial charge in [-0.15, -0.1) is 13.2 Å². The number of hydrogen-bond acceptors (Lipinski definition) is 6. The number of rotatable bonds is 18. The van der Waals surface area contributed by atoms with Crippen molar-refractivity contribution in [3.63, 3.8) is 0 Å². The number of carbonyl (C=O) groups excluding carboxylic acids is 3. The molecule has 7 nitrogen and oxygen atoms in total. The van der Waals surface area contributed by atoms with E-state index in [1.807, 2.05) is 37.8 Å². The maximum absolute atomic E-state index is 13.7. The summed E-state index contributed by atoms with van der Waals surface area (Å²) in [6, 6.07) is 0.0780. The number of piperazine rings is 1. The first-order valence-electron chi connectivity index (χ1n) is 15.1. The van der Waals surface area contributed by atoms with Gasteiger partial charge in [-0.2, -0.15) is 0 Å². The molecule has 7 heteroatoms. The third-order valence-electron chi connectivity index (χ3n) is 8.77. The number of ketones is 1. The third-order valence-corrected chi connectivity index (χ3v) is 8.77. The highest BCUT2D eigenvalue weighted by Gasteiger charge is 2.58. The molecule has 40 heavy (non-hydrogen) atoms. The molecule has 0 bridgehead atoms. The van der Waals surface area contributed by atoms with Crippen molar-refractivity contribution in [2.75, 3.05) is 26.3 Å². The van der Waals surface area contributed by atoms with E-state index in [9.17, 15) is 14.4 Å². The first-order valence-corrected chi connectivity index (χ1v) is 15.1. The van der Waals surface area contributed by atoms with Crippen molar-refractivity contribution in [2.45, 2.75) is 96.9 Å². The second kappa shape index (κ2) is 14.9. The molecular weight excluding hydrogens is 504 g/mol. The van der Waals surface area contributed by atoms with Gasteiger partial charge >= 0.3 is 5.97 Å². The summed E-state index contributed by atoms with van der Waals surface area (Å²) in [6.45, 7) is 17.2. The molecule has 0 aromatic rings. The second-order valence-electron chi connectivity index (χ2n) is 12.1. The highest BCUT2D eigenvalue weighted by molar-refractivity contribution is 5.87. The van der Waals surface area contributed by atoms with E-state index in [0.717, 1.165) is 25.7 Å². The highest BCUT2D eigenvalue weighted by Crippen LogP contribution is 2.42. The Morgan fingerprint density at radius 2 is 1.90 bits per heavy atom. The van der Waals surface area contributed by atoms with Crippen LogP contribution in [-0.2, 0) is 23.9 Å². The quantitative estimate of drug-likeness (QED) is 0.130. The van der Waals surface area contributed by atoms with Gasteiger partial charge in [0.2, 0.25) is 5.91 Å². The molecule has 222 valence electrons. The van der Waals surface area contributed by atoms with Gasteiger partial charge in [0, 0.05) is 36.4 Å². The average Bonchev–Trinajstić information content (AvgIpc) is 3.63. The van der Waals surface area contributed by atoms with Crippen LogP contribution in [0.1, 0.15) is 72.6 Å². The standard InChI is InChI=1S/C33H50N2O5/c1-7-14-25(15-8-2)32(38)40-23-26(39-22-24-17-12-11-13-18-24)20-34-21-29-28(19-30(36)33(5,6)10-4)35(29)27(16-9-3)31(34)37/h7-8,11-13,17,24-29H,1-2,9-10,14-16,18-23H2,3-6H3/t24?,26-,27?,28?,29?,35?/m0/s1. The number of esters is 1. The number of hydrogen-bond donors (Lipinski definition) is 0. The van der Waals surface area contributed by atoms with E-state index in [4.69, 9.17) is 9.47 Å². The Hall–Kier alpha value is -2.51. The first-order chi connectivity index (χ1) is 19.2. The van der Waals surface area contributed by atoms with E-state index in [1.54, 1.807) is 12.2 Å². The minimum absolute atomic E-state index is 0.0824. The van der Waals surface area contributed by atoms with Crippen molar-refractivity contribution < 1.29 is 23.9 Å². The minimum atomic E-state index is -0.438. The smallest absolute Gasteiger partial charge is 0.309 e. The zero-order valence-electron chi connectivity index (χ0n) is 25.1. The van der Waals surface area contributed by atoms with Gasteiger partial charge in [0.15, 0.2) is 0 Å². The van der Waals surface area contributed by atoms with Crippen LogP contribution in [0.3, 0.4) is 0 Å². The van der Waals surface area contributed by atoms with Gasteiger partial charge in [-0.1, -0.05) is 70.6 Å². The number of nitrogens with zero attached hydrogens (tertiary/aromatic N) is 2. The lowest BCUT2D eigenvalue weighted by molar-refractivity contribution is -0.154. The molecule has 0 aromatic heterocycles. The number of amides is 1. The van der Waals surface area contributed by atoms with Crippen molar-refractivity contribution in [3.05, 3.63) is 49.6 Å². The van der Waals surface area contributed by atoms with Crippen LogP contribution in [0, 0.1) is 17.3 Å². The molecule has 0 radical (unpaired) electrons. The largest absolute Gasteiger partial charge is 0.463 e. The van der Waals surface area contributed by atoms with Crippen molar-refractivity contribution in [3.8, 4) is 0 Å².